The van der Waals surface area contributed by atoms with Crippen LogP contribution in [0.4, 0.5) is 0 Å². The molecular formula is C23H21N3O5. The van der Waals surface area contributed by atoms with Crippen molar-refractivity contribution in [3.05, 3.63) is 53.1 Å². The van der Waals surface area contributed by atoms with Crippen molar-refractivity contribution < 1.29 is 23.8 Å². The number of carbonyl (C=O) groups is 2. The molecule has 2 atom stereocenters. The number of benzene rings is 1. The average molecular weight is 419 g/mol. The molecule has 0 unspecified atom stereocenters. The zero-order chi connectivity index (χ0) is 21.5. The number of aromatic amines is 2. The van der Waals surface area contributed by atoms with Gasteiger partial charge in [0, 0.05) is 35.3 Å². The number of amides is 1. The lowest BCUT2D eigenvalue weighted by Crippen LogP contribution is -2.33. The Hall–Kier alpha value is -3.68. The molecule has 2 aliphatic carbocycles. The number of ether oxygens (including phenoxy) is 3. The molecule has 0 radical (unpaired) electrons. The van der Waals surface area contributed by atoms with Crippen LogP contribution in [0.15, 0.2) is 36.2 Å². The number of hydrogen-bond acceptors (Lipinski definition) is 5. The van der Waals surface area contributed by atoms with Gasteiger partial charge in [0.1, 0.15) is 5.69 Å². The number of likely N-dealkylation sites (tertiary alicyclic amines) is 1. The van der Waals surface area contributed by atoms with Crippen molar-refractivity contribution in [1.82, 2.24) is 14.9 Å². The summed E-state index contributed by atoms with van der Waals surface area (Å²) in [6.45, 7) is 0.599. The lowest BCUT2D eigenvalue weighted by Gasteiger charge is -2.27. The smallest absolute Gasteiger partial charge is 0.274 e. The Balaban J connectivity index is 1.43. The van der Waals surface area contributed by atoms with Gasteiger partial charge in [-0.3, -0.25) is 9.59 Å². The van der Waals surface area contributed by atoms with Crippen LogP contribution < -0.4 is 14.2 Å². The summed E-state index contributed by atoms with van der Waals surface area (Å²) in [4.78, 5) is 34.2. The van der Waals surface area contributed by atoms with Gasteiger partial charge in [-0.15, -0.1) is 0 Å². The fourth-order valence-corrected chi connectivity index (χ4v) is 5.44. The summed E-state index contributed by atoms with van der Waals surface area (Å²) in [7, 11) is 4.64. The van der Waals surface area contributed by atoms with E-state index in [1.54, 1.807) is 44.6 Å². The Morgan fingerprint density at radius 1 is 1.16 bits per heavy atom. The van der Waals surface area contributed by atoms with Crippen LogP contribution in [0.5, 0.6) is 17.2 Å². The number of ketones is 1. The van der Waals surface area contributed by atoms with Crippen molar-refractivity contribution in [2.75, 3.05) is 27.9 Å². The topological polar surface area (TPSA) is 96.7 Å². The van der Waals surface area contributed by atoms with Gasteiger partial charge in [0.15, 0.2) is 11.5 Å². The molecule has 3 heterocycles. The number of aromatic nitrogens is 2. The summed E-state index contributed by atoms with van der Waals surface area (Å²) in [5.41, 5.74) is 3.34. The van der Waals surface area contributed by atoms with Gasteiger partial charge in [-0.25, -0.2) is 0 Å². The minimum absolute atomic E-state index is 0.0845. The Kier molecular flexibility index (Phi) is 3.47. The third-order valence-electron chi connectivity index (χ3n) is 6.89. The number of methoxy groups -OCH3 is 3. The highest BCUT2D eigenvalue weighted by Crippen LogP contribution is 2.66. The Morgan fingerprint density at radius 2 is 1.97 bits per heavy atom. The number of rotatable bonds is 4. The maximum absolute atomic E-state index is 13.5. The third-order valence-corrected chi connectivity index (χ3v) is 6.89. The van der Waals surface area contributed by atoms with Crippen molar-refractivity contribution in [2.45, 2.75) is 11.8 Å². The number of allylic oxidation sites excluding steroid dienone is 2. The lowest BCUT2D eigenvalue weighted by molar-refractivity contribution is 0.0806. The zero-order valence-electron chi connectivity index (χ0n) is 17.4. The molecule has 1 aliphatic heterocycles. The van der Waals surface area contributed by atoms with Gasteiger partial charge in [-0.2, -0.15) is 0 Å². The molecule has 2 aromatic heterocycles. The van der Waals surface area contributed by atoms with E-state index < -0.39 is 0 Å². The average Bonchev–Trinajstić information content (AvgIpc) is 3.16. The molecule has 1 saturated carbocycles. The summed E-state index contributed by atoms with van der Waals surface area (Å²) in [6.07, 6.45) is 4.40. The van der Waals surface area contributed by atoms with Crippen LogP contribution in [-0.2, 0) is 5.41 Å². The lowest BCUT2D eigenvalue weighted by atomic mass is 9.85. The summed E-state index contributed by atoms with van der Waals surface area (Å²) < 4.78 is 16.4. The first-order chi connectivity index (χ1) is 15.0. The number of nitrogens with zero attached hydrogens (tertiary/aromatic N) is 1. The number of piperidine rings is 1. The van der Waals surface area contributed by atoms with E-state index >= 15 is 0 Å². The van der Waals surface area contributed by atoms with E-state index in [4.69, 9.17) is 14.2 Å². The van der Waals surface area contributed by atoms with E-state index in [1.807, 2.05) is 12.1 Å². The highest BCUT2D eigenvalue weighted by atomic mass is 16.5. The molecule has 2 N–H and O–H groups in total. The first-order valence-electron chi connectivity index (χ1n) is 10.1. The molecule has 31 heavy (non-hydrogen) atoms. The monoisotopic (exact) mass is 419 g/mol. The SMILES string of the molecule is COc1cc2cc(C(=O)N3C[C@@H]4C[C@]45C3=CC(=O)c3[nH]ccc35)[nH]c2c(OC)c1OC. The fourth-order valence-electron chi connectivity index (χ4n) is 5.44. The van der Waals surface area contributed by atoms with E-state index in [0.29, 0.717) is 46.6 Å². The molecule has 158 valence electrons. The molecule has 1 spiro atoms. The minimum Gasteiger partial charge on any atom is -0.493 e. The van der Waals surface area contributed by atoms with Gasteiger partial charge in [0.25, 0.3) is 5.91 Å². The molecule has 3 aliphatic rings. The number of hydrogen-bond donors (Lipinski definition) is 2. The summed E-state index contributed by atoms with van der Waals surface area (Å²) >= 11 is 0. The van der Waals surface area contributed by atoms with E-state index in [0.717, 1.165) is 23.1 Å². The van der Waals surface area contributed by atoms with Crippen LogP contribution in [0.2, 0.25) is 0 Å². The van der Waals surface area contributed by atoms with E-state index in [9.17, 15) is 9.59 Å². The second-order valence-corrected chi connectivity index (χ2v) is 8.24. The van der Waals surface area contributed by atoms with Crippen LogP contribution in [-0.4, -0.2) is 54.4 Å². The standard InChI is InChI=1S/C23H21N3O5/c1-29-16-7-11-6-14(25-18(11)21(31-3)20(16)30-2)22(28)26-10-12-9-23(12)13-4-5-24-19(13)15(27)8-17(23)26/h4-8,12,24-25H,9-10H2,1-3H3/t12-,23-/m0/s1. The molecule has 8 heteroatoms. The molecule has 0 bridgehead atoms. The van der Waals surface area contributed by atoms with Crippen molar-refractivity contribution in [1.29, 1.82) is 0 Å². The van der Waals surface area contributed by atoms with Crippen LogP contribution in [0.25, 0.3) is 10.9 Å². The molecule has 6 rings (SSSR count). The van der Waals surface area contributed by atoms with Crippen LogP contribution in [0.1, 0.15) is 33.0 Å². The van der Waals surface area contributed by atoms with Gasteiger partial charge in [0.2, 0.25) is 11.5 Å². The summed E-state index contributed by atoms with van der Waals surface area (Å²) in [6, 6.07) is 5.56. The molecule has 2 fully saturated rings. The Labute approximate surface area is 177 Å². The normalized spacial score (nSPS) is 23.2. The fraction of sp³-hybridized carbons (Fsp3) is 0.304. The Morgan fingerprint density at radius 3 is 2.71 bits per heavy atom. The van der Waals surface area contributed by atoms with Crippen LogP contribution >= 0.6 is 0 Å². The Bertz CT molecular complexity index is 1320. The quantitative estimate of drug-likeness (QED) is 0.678. The maximum Gasteiger partial charge on any atom is 0.274 e. The molecule has 8 nitrogen and oxygen atoms in total. The van der Waals surface area contributed by atoms with E-state index in [2.05, 4.69) is 9.97 Å². The van der Waals surface area contributed by atoms with E-state index in [1.165, 1.54) is 0 Å². The minimum atomic E-state index is -0.213. The van der Waals surface area contributed by atoms with Crippen molar-refractivity contribution >= 4 is 22.6 Å². The molecular weight excluding hydrogens is 398 g/mol. The van der Waals surface area contributed by atoms with Crippen molar-refractivity contribution in [3.8, 4) is 17.2 Å². The number of fused-ring (bicyclic) bond motifs is 2. The van der Waals surface area contributed by atoms with Gasteiger partial charge >= 0.3 is 0 Å². The largest absolute Gasteiger partial charge is 0.493 e. The number of H-pyrrole nitrogens is 2. The van der Waals surface area contributed by atoms with Gasteiger partial charge in [-0.05, 0) is 36.1 Å². The summed E-state index contributed by atoms with van der Waals surface area (Å²) in [5, 5.41) is 0.776. The van der Waals surface area contributed by atoms with Gasteiger partial charge < -0.3 is 29.1 Å². The molecule has 1 aromatic carbocycles. The highest BCUT2D eigenvalue weighted by molar-refractivity contribution is 6.09. The third kappa shape index (κ3) is 2.14. The highest BCUT2D eigenvalue weighted by Gasteiger charge is 2.67. The van der Waals surface area contributed by atoms with E-state index in [-0.39, 0.29) is 17.1 Å². The predicted octanol–water partition coefficient (Wildman–Crippen LogP) is 3.02. The molecule has 1 saturated heterocycles. The van der Waals surface area contributed by atoms with Crippen LogP contribution in [0, 0.1) is 5.92 Å². The second kappa shape index (κ2) is 5.94. The number of carbonyl (C=O) groups excluding carboxylic acids is 2. The first-order valence-corrected chi connectivity index (χ1v) is 10.1. The second-order valence-electron chi connectivity index (χ2n) is 8.24. The van der Waals surface area contributed by atoms with Crippen molar-refractivity contribution in [3.63, 3.8) is 0 Å². The molecule has 1 amide bonds. The first kappa shape index (κ1) is 18.1. The van der Waals surface area contributed by atoms with Crippen LogP contribution in [0.3, 0.4) is 0 Å². The number of nitrogens with one attached hydrogen (secondary N) is 2. The zero-order valence-corrected chi connectivity index (χ0v) is 17.4. The maximum atomic E-state index is 13.5. The summed E-state index contributed by atoms with van der Waals surface area (Å²) in [5.74, 6) is 1.54. The van der Waals surface area contributed by atoms with Gasteiger partial charge in [0.05, 0.1) is 32.5 Å². The molecule has 3 aromatic rings. The van der Waals surface area contributed by atoms with Gasteiger partial charge in [-0.1, -0.05) is 0 Å². The van der Waals surface area contributed by atoms with Crippen molar-refractivity contribution in [2.24, 2.45) is 5.92 Å². The predicted molar refractivity (Wildman–Crippen MR) is 112 cm³/mol.